The van der Waals surface area contributed by atoms with Gasteiger partial charge >= 0.3 is 0 Å². The second-order valence-corrected chi connectivity index (χ2v) is 5.82. The first-order valence-electron chi connectivity index (χ1n) is 7.04. The van der Waals surface area contributed by atoms with Crippen LogP contribution in [-0.2, 0) is 11.2 Å². The molecule has 0 aliphatic rings. The summed E-state index contributed by atoms with van der Waals surface area (Å²) in [5, 5.41) is 3.00. The Morgan fingerprint density at radius 3 is 2.58 bits per heavy atom. The molecule has 0 saturated carbocycles. The minimum absolute atomic E-state index is 0.0871. The van der Waals surface area contributed by atoms with Gasteiger partial charge in [-0.25, -0.2) is 0 Å². The van der Waals surface area contributed by atoms with Crippen molar-refractivity contribution in [3.63, 3.8) is 0 Å². The van der Waals surface area contributed by atoms with Gasteiger partial charge in [0.1, 0.15) is 0 Å². The van der Waals surface area contributed by atoms with Gasteiger partial charge in [-0.1, -0.05) is 44.2 Å². The lowest BCUT2D eigenvalue weighted by Crippen LogP contribution is -2.35. The predicted molar refractivity (Wildman–Crippen MR) is 79.8 cm³/mol. The van der Waals surface area contributed by atoms with E-state index in [0.29, 0.717) is 19.5 Å². The maximum atomic E-state index is 11.7. The molecule has 1 amide bonds. The first-order valence-corrected chi connectivity index (χ1v) is 7.04. The summed E-state index contributed by atoms with van der Waals surface area (Å²) in [5.74, 6) is 0.140. The van der Waals surface area contributed by atoms with Gasteiger partial charge in [0.2, 0.25) is 5.91 Å². The topological polar surface area (TPSA) is 55.1 Å². The standard InChI is InChI=1S/C16H26N2O/c1-16(2,11-12-17)13-18-15(19)10-6-9-14-7-4-3-5-8-14/h3-5,7-8H,6,9-13,17H2,1-2H3,(H,18,19). The van der Waals surface area contributed by atoms with Crippen molar-refractivity contribution in [1.29, 1.82) is 0 Å². The summed E-state index contributed by atoms with van der Waals surface area (Å²) in [4.78, 5) is 11.7. The van der Waals surface area contributed by atoms with Crippen molar-refractivity contribution >= 4 is 5.91 Å². The lowest BCUT2D eigenvalue weighted by atomic mass is 9.89. The van der Waals surface area contributed by atoms with Crippen molar-refractivity contribution in [3.05, 3.63) is 35.9 Å². The fraction of sp³-hybridized carbons (Fsp3) is 0.562. The zero-order valence-corrected chi connectivity index (χ0v) is 12.1. The predicted octanol–water partition coefficient (Wildman–Crippen LogP) is 2.50. The molecule has 19 heavy (non-hydrogen) atoms. The Hall–Kier alpha value is -1.35. The molecule has 0 fully saturated rings. The van der Waals surface area contributed by atoms with Crippen molar-refractivity contribution in [2.24, 2.45) is 11.1 Å². The fourth-order valence-electron chi connectivity index (χ4n) is 2.00. The quantitative estimate of drug-likeness (QED) is 0.756. The Morgan fingerprint density at radius 1 is 1.26 bits per heavy atom. The molecule has 1 rings (SSSR count). The summed E-state index contributed by atoms with van der Waals surface area (Å²) in [6, 6.07) is 10.3. The van der Waals surface area contributed by atoms with E-state index in [1.165, 1.54) is 5.56 Å². The minimum atomic E-state index is 0.0871. The third-order valence-corrected chi connectivity index (χ3v) is 3.30. The first-order chi connectivity index (χ1) is 9.03. The number of aryl methyl sites for hydroxylation is 1. The molecule has 1 aromatic carbocycles. The molecule has 0 spiro atoms. The van der Waals surface area contributed by atoms with Gasteiger partial charge in [0, 0.05) is 13.0 Å². The van der Waals surface area contributed by atoms with Gasteiger partial charge in [-0.05, 0) is 36.8 Å². The Bertz CT molecular complexity index is 374. The van der Waals surface area contributed by atoms with Crippen LogP contribution in [0, 0.1) is 5.41 Å². The molecule has 0 radical (unpaired) electrons. The zero-order chi connectivity index (χ0) is 14.1. The molecule has 106 valence electrons. The number of carbonyl (C=O) groups excluding carboxylic acids is 1. The van der Waals surface area contributed by atoms with Crippen LogP contribution in [0.15, 0.2) is 30.3 Å². The normalized spacial score (nSPS) is 11.3. The van der Waals surface area contributed by atoms with Crippen LogP contribution in [0.25, 0.3) is 0 Å². The average Bonchev–Trinajstić information content (AvgIpc) is 2.38. The first kappa shape index (κ1) is 15.7. The molecule has 0 heterocycles. The number of hydrogen-bond acceptors (Lipinski definition) is 2. The highest BCUT2D eigenvalue weighted by Gasteiger charge is 2.17. The maximum absolute atomic E-state index is 11.7. The van der Waals surface area contributed by atoms with Gasteiger partial charge in [0.05, 0.1) is 0 Å². The highest BCUT2D eigenvalue weighted by molar-refractivity contribution is 5.75. The van der Waals surface area contributed by atoms with E-state index in [2.05, 4.69) is 31.3 Å². The van der Waals surface area contributed by atoms with E-state index in [-0.39, 0.29) is 11.3 Å². The van der Waals surface area contributed by atoms with Gasteiger partial charge in [0.25, 0.3) is 0 Å². The van der Waals surface area contributed by atoms with Crippen LogP contribution < -0.4 is 11.1 Å². The van der Waals surface area contributed by atoms with E-state index in [1.807, 2.05) is 18.2 Å². The molecular weight excluding hydrogens is 236 g/mol. The molecule has 0 aliphatic heterocycles. The van der Waals surface area contributed by atoms with Gasteiger partial charge in [-0.15, -0.1) is 0 Å². The summed E-state index contributed by atoms with van der Waals surface area (Å²) in [6.07, 6.45) is 3.37. The van der Waals surface area contributed by atoms with Crippen molar-refractivity contribution in [2.45, 2.75) is 39.5 Å². The molecule has 0 atom stereocenters. The number of carbonyl (C=O) groups is 1. The number of amides is 1. The number of nitrogens with two attached hydrogens (primary N) is 1. The van der Waals surface area contributed by atoms with Crippen LogP contribution in [-0.4, -0.2) is 19.0 Å². The molecule has 3 nitrogen and oxygen atoms in total. The lowest BCUT2D eigenvalue weighted by molar-refractivity contribution is -0.121. The SMILES string of the molecule is CC(C)(CCN)CNC(=O)CCCc1ccccc1. The maximum Gasteiger partial charge on any atom is 0.220 e. The Morgan fingerprint density at radius 2 is 1.95 bits per heavy atom. The van der Waals surface area contributed by atoms with Crippen LogP contribution in [0.4, 0.5) is 0 Å². The van der Waals surface area contributed by atoms with E-state index in [1.54, 1.807) is 0 Å². The Kier molecular flexibility index (Phi) is 6.57. The largest absolute Gasteiger partial charge is 0.356 e. The van der Waals surface area contributed by atoms with E-state index in [4.69, 9.17) is 5.73 Å². The molecular formula is C16H26N2O. The van der Waals surface area contributed by atoms with Crippen LogP contribution in [0.2, 0.25) is 0 Å². The molecule has 0 aliphatic carbocycles. The molecule has 0 unspecified atom stereocenters. The van der Waals surface area contributed by atoms with Gasteiger partial charge in [-0.3, -0.25) is 4.79 Å². The summed E-state index contributed by atoms with van der Waals surface area (Å²) in [7, 11) is 0. The number of hydrogen-bond donors (Lipinski definition) is 2. The summed E-state index contributed by atoms with van der Waals surface area (Å²) in [5.41, 5.74) is 6.93. The van der Waals surface area contributed by atoms with Crippen molar-refractivity contribution in [1.82, 2.24) is 5.32 Å². The van der Waals surface area contributed by atoms with E-state index in [9.17, 15) is 4.79 Å². The van der Waals surface area contributed by atoms with Crippen LogP contribution in [0.5, 0.6) is 0 Å². The van der Waals surface area contributed by atoms with Crippen LogP contribution >= 0.6 is 0 Å². The highest BCUT2D eigenvalue weighted by Crippen LogP contribution is 2.17. The van der Waals surface area contributed by atoms with E-state index >= 15 is 0 Å². The van der Waals surface area contributed by atoms with E-state index in [0.717, 1.165) is 19.3 Å². The van der Waals surface area contributed by atoms with Crippen LogP contribution in [0.1, 0.15) is 38.7 Å². The molecule has 0 saturated heterocycles. The Balaban J connectivity index is 2.18. The molecule has 0 bridgehead atoms. The third kappa shape index (κ3) is 6.97. The van der Waals surface area contributed by atoms with Crippen LogP contribution in [0.3, 0.4) is 0 Å². The van der Waals surface area contributed by atoms with Gasteiger partial charge < -0.3 is 11.1 Å². The second kappa shape index (κ2) is 7.95. The fourth-order valence-corrected chi connectivity index (χ4v) is 2.00. The number of nitrogens with one attached hydrogen (secondary N) is 1. The molecule has 1 aromatic rings. The second-order valence-electron chi connectivity index (χ2n) is 5.82. The molecule has 3 heteroatoms. The van der Waals surface area contributed by atoms with E-state index < -0.39 is 0 Å². The zero-order valence-electron chi connectivity index (χ0n) is 12.1. The number of benzene rings is 1. The summed E-state index contributed by atoms with van der Waals surface area (Å²) < 4.78 is 0. The smallest absolute Gasteiger partial charge is 0.220 e. The van der Waals surface area contributed by atoms with Crippen molar-refractivity contribution in [2.75, 3.05) is 13.1 Å². The Labute approximate surface area is 116 Å². The highest BCUT2D eigenvalue weighted by atomic mass is 16.1. The summed E-state index contributed by atoms with van der Waals surface area (Å²) in [6.45, 7) is 5.62. The van der Waals surface area contributed by atoms with Gasteiger partial charge in [0.15, 0.2) is 0 Å². The van der Waals surface area contributed by atoms with Gasteiger partial charge in [-0.2, -0.15) is 0 Å². The average molecular weight is 262 g/mol. The van der Waals surface area contributed by atoms with Crippen molar-refractivity contribution < 1.29 is 4.79 Å². The summed E-state index contributed by atoms with van der Waals surface area (Å²) >= 11 is 0. The monoisotopic (exact) mass is 262 g/mol. The third-order valence-electron chi connectivity index (χ3n) is 3.30. The lowest BCUT2D eigenvalue weighted by Gasteiger charge is -2.24. The number of rotatable bonds is 8. The minimum Gasteiger partial charge on any atom is -0.356 e. The molecule has 0 aromatic heterocycles. The molecule has 3 N–H and O–H groups in total. The van der Waals surface area contributed by atoms with Crippen molar-refractivity contribution in [3.8, 4) is 0 Å².